The molecule has 5 rings (SSSR count). The van der Waals surface area contributed by atoms with Crippen molar-refractivity contribution in [3.8, 4) is 0 Å². The molecular weight excluding hydrogens is 518 g/mol. The van der Waals surface area contributed by atoms with Crippen molar-refractivity contribution in [2.75, 3.05) is 5.73 Å². The Labute approximate surface area is 253 Å². The van der Waals surface area contributed by atoms with E-state index in [4.69, 9.17) is 10.5 Å². The lowest BCUT2D eigenvalue weighted by molar-refractivity contribution is -0.0827. The molecule has 8 atom stereocenters. The highest BCUT2D eigenvalue weighted by atomic mass is 28.1. The van der Waals surface area contributed by atoms with Crippen LogP contribution in [0.15, 0.2) is 41.5 Å². The Kier molecular flexibility index (Phi) is 8.49. The molecule has 8 unspecified atom stereocenters. The van der Waals surface area contributed by atoms with Gasteiger partial charge in [-0.15, -0.1) is 0 Å². The molecule has 0 spiro atoms. The number of esters is 1. The van der Waals surface area contributed by atoms with Gasteiger partial charge in [0, 0.05) is 21.3 Å². The number of hydrogen-bond donors (Lipinski definition) is 1. The predicted molar refractivity (Wildman–Crippen MR) is 176 cm³/mol. The maximum absolute atomic E-state index is 13.2. The Morgan fingerprint density at radius 1 is 1.07 bits per heavy atom. The maximum Gasteiger partial charge on any atom is 0.338 e. The molecule has 0 amide bonds. The first-order valence-electron chi connectivity index (χ1n) is 16.7. The fourth-order valence-corrected chi connectivity index (χ4v) is 11.4. The number of carbonyl (C=O) groups excluding carboxylic acids is 1. The smallest absolute Gasteiger partial charge is 0.338 e. The van der Waals surface area contributed by atoms with Crippen molar-refractivity contribution in [2.24, 2.45) is 45.8 Å². The Bertz CT molecular complexity index is 1190. The normalized spacial score (nSPS) is 36.4. The van der Waals surface area contributed by atoms with Crippen LogP contribution in [0.25, 0.3) is 0 Å². The highest BCUT2D eigenvalue weighted by molar-refractivity contribution is 6.33. The van der Waals surface area contributed by atoms with Gasteiger partial charge in [0.15, 0.2) is 0 Å². The van der Waals surface area contributed by atoms with Crippen molar-refractivity contribution in [1.29, 1.82) is 0 Å². The van der Waals surface area contributed by atoms with Crippen LogP contribution in [0.2, 0.25) is 0 Å². The van der Waals surface area contributed by atoms with Crippen LogP contribution in [0, 0.1) is 45.8 Å². The number of fused-ring (bicyclic) bond motifs is 5. The van der Waals surface area contributed by atoms with Crippen molar-refractivity contribution in [1.82, 2.24) is 0 Å². The molecule has 0 saturated heterocycles. The summed E-state index contributed by atoms with van der Waals surface area (Å²) in [6.07, 6.45) is 17.8. The zero-order valence-corrected chi connectivity index (χ0v) is 29.3. The molecule has 3 saturated carbocycles. The van der Waals surface area contributed by atoms with Crippen molar-refractivity contribution >= 4 is 27.1 Å². The van der Waals surface area contributed by atoms with Gasteiger partial charge in [0.2, 0.25) is 0 Å². The van der Waals surface area contributed by atoms with Crippen LogP contribution in [0.5, 0.6) is 0 Å². The van der Waals surface area contributed by atoms with Gasteiger partial charge < -0.3 is 10.5 Å². The first-order chi connectivity index (χ1) is 19.3. The molecule has 0 heterocycles. The van der Waals surface area contributed by atoms with Gasteiger partial charge >= 0.3 is 5.97 Å². The summed E-state index contributed by atoms with van der Waals surface area (Å²) in [5, 5.41) is 1.13. The van der Waals surface area contributed by atoms with Gasteiger partial charge in [-0.3, -0.25) is 0 Å². The van der Waals surface area contributed by atoms with E-state index in [1.807, 2.05) is 12.1 Å². The summed E-state index contributed by atoms with van der Waals surface area (Å²) in [6, 6.07) is 5.68. The number of allylic oxidation sites excluding steroid dienone is 3. The lowest BCUT2D eigenvalue weighted by Crippen LogP contribution is -2.55. The molecule has 1 aromatic rings. The van der Waals surface area contributed by atoms with Gasteiger partial charge in [-0.1, -0.05) is 69.5 Å². The molecule has 226 valence electrons. The first-order valence-corrected chi connectivity index (χ1v) is 17.7. The van der Waals surface area contributed by atoms with Crippen LogP contribution in [0.1, 0.15) is 123 Å². The van der Waals surface area contributed by atoms with E-state index < -0.39 is 0 Å². The van der Waals surface area contributed by atoms with E-state index >= 15 is 0 Å². The largest absolute Gasteiger partial charge is 0.458 e. The Morgan fingerprint density at radius 2 is 1.83 bits per heavy atom. The topological polar surface area (TPSA) is 52.3 Å². The Hall–Kier alpha value is -1.81. The molecule has 41 heavy (non-hydrogen) atoms. The minimum Gasteiger partial charge on any atom is -0.458 e. The second-order valence-electron chi connectivity index (χ2n) is 15.9. The Morgan fingerprint density at radius 3 is 2.54 bits per heavy atom. The summed E-state index contributed by atoms with van der Waals surface area (Å²) in [6.45, 7) is 16.9. The van der Waals surface area contributed by atoms with Crippen molar-refractivity contribution in [3.63, 3.8) is 0 Å². The lowest BCUT2D eigenvalue weighted by atomic mass is 9.44. The average molecular weight is 576 g/mol. The van der Waals surface area contributed by atoms with E-state index in [0.29, 0.717) is 16.7 Å². The van der Waals surface area contributed by atoms with E-state index in [9.17, 15) is 4.79 Å². The predicted octanol–water partition coefficient (Wildman–Crippen LogP) is 7.77. The molecule has 2 N–H and O–H groups in total. The number of carbonyl (C=O) groups is 1. The highest BCUT2D eigenvalue weighted by Gasteiger charge is 2.61. The molecule has 4 aliphatic rings. The summed E-state index contributed by atoms with van der Waals surface area (Å²) in [7, 11) is 0.865. The number of unbranched alkanes of at least 4 members (excludes halogenated alkanes) is 1. The lowest BCUT2D eigenvalue weighted by Gasteiger charge is -2.61. The second kappa shape index (κ2) is 11.4. The third-order valence-electron chi connectivity index (χ3n) is 12.7. The van der Waals surface area contributed by atoms with Crippen LogP contribution in [-0.2, 0) is 4.74 Å². The number of anilines is 1. The zero-order valence-electron chi connectivity index (χ0n) is 27.3. The van der Waals surface area contributed by atoms with E-state index in [1.54, 1.807) is 11.6 Å². The van der Waals surface area contributed by atoms with Crippen molar-refractivity contribution in [2.45, 2.75) is 119 Å². The van der Waals surface area contributed by atoms with Gasteiger partial charge in [-0.2, -0.15) is 0 Å². The number of nitrogens with two attached hydrogens (primary N) is 1. The molecule has 1 aromatic carbocycles. The monoisotopic (exact) mass is 575 g/mol. The first kappa shape index (κ1) is 30.6. The third-order valence-corrected chi connectivity index (χ3v) is 13.2. The molecular formula is C37H57NO2Si. The summed E-state index contributed by atoms with van der Waals surface area (Å²) in [4.78, 5) is 13.2. The zero-order chi connectivity index (χ0) is 29.7. The summed E-state index contributed by atoms with van der Waals surface area (Å²) >= 11 is 0. The minimum absolute atomic E-state index is 0.0956. The number of nitrogen functional groups attached to an aromatic ring is 1. The Balaban J connectivity index is 1.31. The van der Waals surface area contributed by atoms with Gasteiger partial charge in [-0.05, 0) is 130 Å². The summed E-state index contributed by atoms with van der Waals surface area (Å²) in [5.41, 5.74) is 10.9. The van der Waals surface area contributed by atoms with Crippen LogP contribution in [0.4, 0.5) is 5.69 Å². The standard InChI is InChI=1S/C37H57NO2Si/c1-23(2)10-8-9-11-24(3)29-13-14-30-28-12-15-32-35(4,5)33(40-34(39)25-20-26(38)22-27(41)21-25)17-19-37(32,7)31(28)16-18-36(29,30)6/h10,15,20-22,24,28-31,33H,8-9,11-14,16-19,38H2,1-7,41H3. The average Bonchev–Trinajstić information content (AvgIpc) is 3.25. The van der Waals surface area contributed by atoms with Gasteiger partial charge in [0.05, 0.1) is 5.56 Å². The van der Waals surface area contributed by atoms with Gasteiger partial charge in [-0.25, -0.2) is 4.79 Å². The highest BCUT2D eigenvalue weighted by Crippen LogP contribution is 2.69. The summed E-state index contributed by atoms with van der Waals surface area (Å²) in [5.74, 6) is 3.90. The maximum atomic E-state index is 13.2. The molecule has 0 radical (unpaired) electrons. The molecule has 0 aromatic heterocycles. The van der Waals surface area contributed by atoms with E-state index in [2.05, 4.69) is 60.6 Å². The van der Waals surface area contributed by atoms with Crippen molar-refractivity contribution in [3.05, 3.63) is 47.1 Å². The number of rotatable bonds is 7. The third kappa shape index (κ3) is 5.52. The fourth-order valence-electron chi connectivity index (χ4n) is 10.7. The SMILES string of the molecule is CC(C)=CCCCC(C)C1CCC2C3CC=C4C(C)(C)C(OC(=O)c5cc(N)cc([SiH3])c5)CCC4(C)C3CCC12C. The van der Waals surface area contributed by atoms with E-state index in [-0.39, 0.29) is 22.9 Å². The van der Waals surface area contributed by atoms with Crippen LogP contribution in [0.3, 0.4) is 0 Å². The molecule has 4 heteroatoms. The van der Waals surface area contributed by atoms with Crippen molar-refractivity contribution < 1.29 is 9.53 Å². The second-order valence-corrected chi connectivity index (χ2v) is 17.0. The molecule has 0 aliphatic heterocycles. The van der Waals surface area contributed by atoms with Gasteiger partial charge in [0.1, 0.15) is 6.10 Å². The quantitative estimate of drug-likeness (QED) is 0.119. The molecule has 3 nitrogen and oxygen atoms in total. The number of benzene rings is 1. The molecule has 0 bridgehead atoms. The minimum atomic E-state index is -0.217. The summed E-state index contributed by atoms with van der Waals surface area (Å²) < 4.78 is 6.29. The molecule has 4 aliphatic carbocycles. The fraction of sp³-hybridized carbons (Fsp3) is 0.703. The van der Waals surface area contributed by atoms with E-state index in [0.717, 1.165) is 57.9 Å². The van der Waals surface area contributed by atoms with Gasteiger partial charge in [0.25, 0.3) is 0 Å². The number of hydrogen-bond acceptors (Lipinski definition) is 3. The van der Waals surface area contributed by atoms with E-state index in [1.165, 1.54) is 56.9 Å². The van der Waals surface area contributed by atoms with Crippen LogP contribution in [-0.4, -0.2) is 22.3 Å². The molecule has 3 fully saturated rings. The number of ether oxygens (including phenoxy) is 1. The van der Waals surface area contributed by atoms with Crippen LogP contribution < -0.4 is 10.9 Å². The van der Waals surface area contributed by atoms with Crippen LogP contribution >= 0.6 is 0 Å².